The Labute approximate surface area is 86.0 Å². The van der Waals surface area contributed by atoms with Crippen molar-refractivity contribution in [2.24, 2.45) is 0 Å². The Kier molecular flexibility index (Phi) is 2.81. The topological polar surface area (TPSA) is 49.7 Å². The molecule has 0 spiro atoms. The fourth-order valence-electron chi connectivity index (χ4n) is 0.655. The minimum atomic E-state index is -4.23. The zero-order valence-corrected chi connectivity index (χ0v) is 9.96. The van der Waals surface area contributed by atoms with E-state index in [1.807, 2.05) is 0 Å². The van der Waals surface area contributed by atoms with Gasteiger partial charge in [0.2, 0.25) is 0 Å². The Hall–Kier alpha value is 0.330. The van der Waals surface area contributed by atoms with Gasteiger partial charge in [-0.15, -0.1) is 0 Å². The molecule has 2 N–H and O–H groups in total. The van der Waals surface area contributed by atoms with Crippen LogP contribution in [-0.4, -0.2) is 9.79 Å². The molecule has 0 aliphatic rings. The van der Waals surface area contributed by atoms with Gasteiger partial charge in [0.05, 0.1) is 0 Å². The van der Waals surface area contributed by atoms with Crippen molar-refractivity contribution in [3.63, 3.8) is 0 Å². The van der Waals surface area contributed by atoms with Crippen LogP contribution in [0.15, 0.2) is 30.3 Å². The molecule has 0 aliphatic carbocycles. The van der Waals surface area contributed by atoms with E-state index in [4.69, 9.17) is 4.52 Å². The van der Waals surface area contributed by atoms with Gasteiger partial charge in [-0.2, -0.15) is 0 Å². The van der Waals surface area contributed by atoms with Crippen molar-refractivity contribution in [1.29, 1.82) is 0 Å². The first kappa shape index (κ1) is 10.4. The van der Waals surface area contributed by atoms with Crippen molar-refractivity contribution in [1.82, 2.24) is 0 Å². The summed E-state index contributed by atoms with van der Waals surface area (Å²) in [5.41, 5.74) is 0. The van der Waals surface area contributed by atoms with Crippen LogP contribution in [0.1, 0.15) is 0 Å². The second kappa shape index (κ2) is 3.24. The van der Waals surface area contributed by atoms with Gasteiger partial charge in [0.25, 0.3) is 0 Å². The van der Waals surface area contributed by atoms with Crippen LogP contribution >= 0.6 is 35.7 Å². The molecule has 6 heteroatoms. The molecule has 1 rings (SSSR count). The molecule has 0 atom stereocenters. The van der Waals surface area contributed by atoms with E-state index in [0.717, 1.165) is 0 Å². The van der Waals surface area contributed by atoms with Crippen molar-refractivity contribution in [2.45, 2.75) is 0 Å². The van der Waals surface area contributed by atoms with Crippen LogP contribution in [0.25, 0.3) is 0 Å². The molecule has 0 unspecified atom stereocenters. The number of halogens is 2. The van der Waals surface area contributed by atoms with E-state index in [2.05, 4.69) is 31.0 Å². The van der Waals surface area contributed by atoms with E-state index in [1.54, 1.807) is 30.3 Å². The number of hydrogen-bond acceptors (Lipinski definition) is 3. The van der Waals surface area contributed by atoms with Crippen molar-refractivity contribution >= 4 is 35.7 Å². The van der Waals surface area contributed by atoms with Crippen LogP contribution in [0, 0.1) is 0 Å². The van der Waals surface area contributed by atoms with Gasteiger partial charge in [-0.3, -0.25) is 0 Å². The third kappa shape index (κ3) is 4.38. The molecule has 0 aromatic heterocycles. The molecule has 1 aromatic rings. The van der Waals surface area contributed by atoms with Crippen LogP contribution in [0.2, 0.25) is 0 Å². The first-order valence-corrected chi connectivity index (χ1v) is 9.13. The van der Waals surface area contributed by atoms with Crippen LogP contribution in [0.3, 0.4) is 0 Å². The standard InChI is InChI=1S/C6H7Br2O3P/c7-12(8,9,10)11-6-4-2-1-3-5-6/h1-5,9-10H. The Balaban J connectivity index is 2.79. The van der Waals surface area contributed by atoms with Gasteiger partial charge < -0.3 is 0 Å². The van der Waals surface area contributed by atoms with E-state index in [-0.39, 0.29) is 0 Å². The summed E-state index contributed by atoms with van der Waals surface area (Å²) in [6.07, 6.45) is 0. The van der Waals surface area contributed by atoms with E-state index in [9.17, 15) is 9.79 Å². The SMILES string of the molecule is OP(O)(Br)(Br)Oc1ccccc1. The summed E-state index contributed by atoms with van der Waals surface area (Å²) in [6, 6.07) is 8.51. The van der Waals surface area contributed by atoms with Gasteiger partial charge in [0.15, 0.2) is 0 Å². The summed E-state index contributed by atoms with van der Waals surface area (Å²) >= 11 is 5.31. The van der Waals surface area contributed by atoms with Gasteiger partial charge in [-0.1, -0.05) is 0 Å². The Morgan fingerprint density at radius 2 is 1.58 bits per heavy atom. The molecule has 0 saturated carbocycles. The molecule has 0 radical (unpaired) electrons. The molecule has 12 heavy (non-hydrogen) atoms. The molecule has 0 amide bonds. The fourth-order valence-corrected chi connectivity index (χ4v) is 2.13. The molecule has 0 saturated heterocycles. The summed E-state index contributed by atoms with van der Waals surface area (Å²) < 4.78 is 0.635. The molecule has 3 nitrogen and oxygen atoms in total. The monoisotopic (exact) mass is 316 g/mol. The third-order valence-electron chi connectivity index (χ3n) is 0.999. The second-order valence-electron chi connectivity index (χ2n) is 2.16. The average molecular weight is 318 g/mol. The van der Waals surface area contributed by atoms with Crippen molar-refractivity contribution in [2.75, 3.05) is 0 Å². The number of benzene rings is 1. The quantitative estimate of drug-likeness (QED) is 0.825. The maximum atomic E-state index is 9.23. The molecule has 0 bridgehead atoms. The third-order valence-corrected chi connectivity index (χ3v) is 2.38. The molecular weight excluding hydrogens is 311 g/mol. The molecule has 0 heterocycles. The zero-order chi connectivity index (χ0) is 9.27. The van der Waals surface area contributed by atoms with Crippen LogP contribution < -0.4 is 4.52 Å². The summed E-state index contributed by atoms with van der Waals surface area (Å²) in [6.45, 7) is 0. The number of rotatable bonds is 2. The summed E-state index contributed by atoms with van der Waals surface area (Å²) in [7, 11) is 0. The summed E-state index contributed by atoms with van der Waals surface area (Å²) in [4.78, 5) is 18.5. The summed E-state index contributed by atoms with van der Waals surface area (Å²) in [5, 5.41) is 0. The van der Waals surface area contributed by atoms with Crippen LogP contribution in [-0.2, 0) is 0 Å². The van der Waals surface area contributed by atoms with Crippen molar-refractivity contribution in [3.8, 4) is 5.75 Å². The summed E-state index contributed by atoms with van der Waals surface area (Å²) in [5.74, 6) is 0.383. The van der Waals surface area contributed by atoms with Crippen molar-refractivity contribution in [3.05, 3.63) is 30.3 Å². The second-order valence-corrected chi connectivity index (χ2v) is 14.4. The van der Waals surface area contributed by atoms with Crippen LogP contribution in [0.5, 0.6) is 5.75 Å². The normalized spacial score (nSPS) is 14.8. The van der Waals surface area contributed by atoms with E-state index >= 15 is 0 Å². The minimum absolute atomic E-state index is 0.383. The van der Waals surface area contributed by atoms with E-state index < -0.39 is 4.69 Å². The van der Waals surface area contributed by atoms with Gasteiger partial charge in [0, 0.05) is 0 Å². The Bertz CT molecular complexity index is 260. The first-order chi connectivity index (χ1) is 5.33. The average Bonchev–Trinajstić information content (AvgIpc) is 1.83. The molecule has 1 aromatic carbocycles. The predicted octanol–water partition coefficient (Wildman–Crippen LogP) is 2.97. The Morgan fingerprint density at radius 1 is 1.08 bits per heavy atom. The predicted molar refractivity (Wildman–Crippen MR) is 56.3 cm³/mol. The number of hydrogen-bond donors (Lipinski definition) is 2. The van der Waals surface area contributed by atoms with Gasteiger partial charge >= 0.3 is 86.1 Å². The molecule has 0 fully saturated rings. The molecule has 0 aliphatic heterocycles. The van der Waals surface area contributed by atoms with Gasteiger partial charge in [-0.05, 0) is 0 Å². The molecule has 68 valence electrons. The molecular formula is C6H7Br2O3P. The fraction of sp³-hybridized carbons (Fsp3) is 0. The van der Waals surface area contributed by atoms with Crippen LogP contribution in [0.4, 0.5) is 0 Å². The Morgan fingerprint density at radius 3 is 2.00 bits per heavy atom. The van der Waals surface area contributed by atoms with Crippen molar-refractivity contribution < 1.29 is 14.3 Å². The number of para-hydroxylation sites is 1. The van der Waals surface area contributed by atoms with E-state index in [0.29, 0.717) is 5.75 Å². The zero-order valence-electron chi connectivity index (χ0n) is 5.89. The van der Waals surface area contributed by atoms with E-state index in [1.165, 1.54) is 0 Å². The van der Waals surface area contributed by atoms with Gasteiger partial charge in [0.1, 0.15) is 0 Å². The first-order valence-electron chi connectivity index (χ1n) is 3.04. The van der Waals surface area contributed by atoms with Gasteiger partial charge in [-0.25, -0.2) is 0 Å². The maximum absolute atomic E-state index is 9.23.